The molecule has 32 heavy (non-hydrogen) atoms. The molecule has 0 amide bonds. The van der Waals surface area contributed by atoms with Crippen LogP contribution in [0.1, 0.15) is 65.7 Å². The SMILES string of the molecule is C[C@H](CCC(=O)O)[C@H]1CC[C@H]2[C@@H]3[C@H](O)C[C@@H]4C[C@H](O)C(O)C(O)(O)[C@]4(C)[C@H]3C[C@H](O)[C@]12C. The van der Waals surface area contributed by atoms with Crippen molar-refractivity contribution in [1.29, 1.82) is 0 Å². The van der Waals surface area contributed by atoms with E-state index in [0.717, 1.165) is 12.8 Å². The van der Waals surface area contributed by atoms with Gasteiger partial charge in [-0.05, 0) is 79.4 Å². The van der Waals surface area contributed by atoms with Gasteiger partial charge in [0.25, 0.3) is 0 Å². The van der Waals surface area contributed by atoms with E-state index in [1.165, 1.54) is 0 Å². The van der Waals surface area contributed by atoms with E-state index in [1.54, 1.807) is 6.92 Å². The van der Waals surface area contributed by atoms with Crippen molar-refractivity contribution >= 4 is 5.97 Å². The maximum atomic E-state index is 11.5. The average Bonchev–Trinajstić information content (AvgIpc) is 3.06. The summed E-state index contributed by atoms with van der Waals surface area (Å²) in [6.07, 6.45) is -1.43. The Hall–Kier alpha value is -0.770. The predicted octanol–water partition coefficient (Wildman–Crippen LogP) is 0.710. The Kier molecular flexibility index (Phi) is 6.00. The number of hydrogen-bond acceptors (Lipinski definition) is 7. The Morgan fingerprint density at radius 3 is 2.22 bits per heavy atom. The van der Waals surface area contributed by atoms with Gasteiger partial charge < -0.3 is 35.7 Å². The zero-order valence-electron chi connectivity index (χ0n) is 19.3. The van der Waals surface area contributed by atoms with Gasteiger partial charge in [-0.15, -0.1) is 0 Å². The van der Waals surface area contributed by atoms with Crippen molar-refractivity contribution in [2.45, 2.75) is 95.9 Å². The number of carbonyl (C=O) groups is 1. The second kappa shape index (κ2) is 7.89. The minimum absolute atomic E-state index is 0.0407. The highest BCUT2D eigenvalue weighted by Crippen LogP contribution is 2.69. The number of aliphatic hydroxyl groups is 6. The highest BCUT2D eigenvalue weighted by molar-refractivity contribution is 5.66. The number of carboxylic acid groups (broad SMARTS) is 1. The van der Waals surface area contributed by atoms with Crippen molar-refractivity contribution in [2.24, 2.45) is 46.3 Å². The molecule has 0 aromatic carbocycles. The lowest BCUT2D eigenvalue weighted by Crippen LogP contribution is -2.73. The molecule has 0 radical (unpaired) electrons. The van der Waals surface area contributed by atoms with Crippen molar-refractivity contribution in [2.75, 3.05) is 0 Å². The summed E-state index contributed by atoms with van der Waals surface area (Å²) in [6.45, 7) is 5.83. The molecule has 12 atom stereocenters. The largest absolute Gasteiger partial charge is 0.481 e. The van der Waals surface area contributed by atoms with E-state index in [0.29, 0.717) is 12.8 Å². The summed E-state index contributed by atoms with van der Waals surface area (Å²) in [5, 5.41) is 74.7. The molecule has 0 bridgehead atoms. The van der Waals surface area contributed by atoms with Crippen LogP contribution < -0.4 is 0 Å². The fourth-order valence-electron chi connectivity index (χ4n) is 8.84. The van der Waals surface area contributed by atoms with Crippen LogP contribution in [-0.2, 0) is 4.79 Å². The molecule has 4 fully saturated rings. The molecule has 0 aliphatic heterocycles. The molecule has 0 saturated heterocycles. The van der Waals surface area contributed by atoms with E-state index in [9.17, 15) is 35.4 Å². The summed E-state index contributed by atoms with van der Waals surface area (Å²) in [6, 6.07) is 0. The zero-order valence-corrected chi connectivity index (χ0v) is 19.3. The van der Waals surface area contributed by atoms with E-state index in [4.69, 9.17) is 5.11 Å². The molecule has 0 heterocycles. The zero-order chi connectivity index (χ0) is 23.8. The van der Waals surface area contributed by atoms with E-state index < -0.39 is 58.8 Å². The first-order chi connectivity index (χ1) is 14.8. The number of fused-ring (bicyclic) bond motifs is 5. The summed E-state index contributed by atoms with van der Waals surface area (Å²) in [5.74, 6) is -4.25. The monoisotopic (exact) mass is 456 g/mol. The van der Waals surface area contributed by atoms with Crippen LogP contribution in [0, 0.1) is 46.3 Å². The number of rotatable bonds is 4. The molecule has 8 nitrogen and oxygen atoms in total. The third-order valence-corrected chi connectivity index (χ3v) is 10.7. The maximum Gasteiger partial charge on any atom is 0.303 e. The first kappa shape index (κ1) is 24.4. The standard InChI is InChI=1S/C24H40O8/c1-11(4-7-19(28)29)13-5-6-14-20-15(10-18(27)22(13,14)2)23(3)12(8-16(20)25)9-17(26)21(30)24(23,31)32/h11-18,20-21,25-27,30-32H,4-10H2,1-3H3,(H,28,29)/t11-,12-,13-,14+,15+,16-,17+,18+,20+,21?,22-,23+/m1/s1. The van der Waals surface area contributed by atoms with E-state index in [1.807, 2.05) is 6.92 Å². The lowest BCUT2D eigenvalue weighted by atomic mass is 9.41. The second-order valence-corrected chi connectivity index (χ2v) is 11.8. The summed E-state index contributed by atoms with van der Waals surface area (Å²) in [4.78, 5) is 11.1. The third kappa shape index (κ3) is 3.13. The van der Waals surface area contributed by atoms with E-state index in [-0.39, 0.29) is 42.9 Å². The second-order valence-electron chi connectivity index (χ2n) is 11.8. The average molecular weight is 457 g/mol. The fourth-order valence-corrected chi connectivity index (χ4v) is 8.84. The maximum absolute atomic E-state index is 11.5. The summed E-state index contributed by atoms with van der Waals surface area (Å²) >= 11 is 0. The molecule has 0 spiro atoms. The first-order valence-electron chi connectivity index (χ1n) is 12.2. The van der Waals surface area contributed by atoms with Crippen LogP contribution in [0.25, 0.3) is 0 Å². The van der Waals surface area contributed by atoms with Gasteiger partial charge >= 0.3 is 5.97 Å². The normalized spacial score (nSPS) is 53.1. The van der Waals surface area contributed by atoms with E-state index >= 15 is 0 Å². The van der Waals surface area contributed by atoms with Gasteiger partial charge in [-0.3, -0.25) is 4.79 Å². The van der Waals surface area contributed by atoms with E-state index in [2.05, 4.69) is 6.92 Å². The van der Waals surface area contributed by atoms with Gasteiger partial charge in [0.2, 0.25) is 0 Å². The molecule has 7 N–H and O–H groups in total. The summed E-state index contributed by atoms with van der Waals surface area (Å²) in [7, 11) is 0. The Balaban J connectivity index is 1.68. The molecule has 8 heteroatoms. The van der Waals surface area contributed by atoms with Gasteiger partial charge in [0.1, 0.15) is 6.10 Å². The highest BCUT2D eigenvalue weighted by Gasteiger charge is 2.72. The minimum atomic E-state index is -2.53. The molecule has 1 unspecified atom stereocenters. The summed E-state index contributed by atoms with van der Waals surface area (Å²) < 4.78 is 0. The Bertz CT molecular complexity index is 742. The van der Waals surface area contributed by atoms with Crippen molar-refractivity contribution in [3.63, 3.8) is 0 Å². The van der Waals surface area contributed by atoms with Gasteiger partial charge in [-0.1, -0.05) is 20.8 Å². The van der Waals surface area contributed by atoms with Crippen molar-refractivity contribution in [3.8, 4) is 0 Å². The molecule has 184 valence electrons. The summed E-state index contributed by atoms with van der Waals surface area (Å²) in [5.41, 5.74) is -1.67. The van der Waals surface area contributed by atoms with Crippen LogP contribution >= 0.6 is 0 Å². The topological polar surface area (TPSA) is 159 Å². The van der Waals surface area contributed by atoms with Crippen molar-refractivity contribution < 1.29 is 40.5 Å². The Morgan fingerprint density at radius 1 is 0.969 bits per heavy atom. The van der Waals surface area contributed by atoms with Crippen LogP contribution in [0.5, 0.6) is 0 Å². The molecular formula is C24H40O8. The number of aliphatic hydroxyl groups excluding tert-OH is 4. The first-order valence-corrected chi connectivity index (χ1v) is 12.2. The van der Waals surface area contributed by atoms with Crippen LogP contribution in [0.15, 0.2) is 0 Å². The Morgan fingerprint density at radius 2 is 1.59 bits per heavy atom. The van der Waals surface area contributed by atoms with Gasteiger partial charge in [0.15, 0.2) is 5.79 Å². The van der Waals surface area contributed by atoms with Gasteiger partial charge in [0, 0.05) is 11.8 Å². The smallest absolute Gasteiger partial charge is 0.303 e. The quantitative estimate of drug-likeness (QED) is 0.305. The fraction of sp³-hybridized carbons (Fsp3) is 0.958. The highest BCUT2D eigenvalue weighted by atomic mass is 16.5. The molecular weight excluding hydrogens is 416 g/mol. The lowest BCUT2D eigenvalue weighted by molar-refractivity contribution is -0.374. The van der Waals surface area contributed by atoms with Gasteiger partial charge in [-0.2, -0.15) is 0 Å². The third-order valence-electron chi connectivity index (χ3n) is 10.7. The minimum Gasteiger partial charge on any atom is -0.481 e. The van der Waals surface area contributed by atoms with Crippen LogP contribution in [0.3, 0.4) is 0 Å². The van der Waals surface area contributed by atoms with Crippen LogP contribution in [0.4, 0.5) is 0 Å². The molecule has 4 aliphatic carbocycles. The molecule has 4 rings (SSSR count). The molecule has 4 saturated carbocycles. The lowest BCUT2D eigenvalue weighted by Gasteiger charge is -2.66. The van der Waals surface area contributed by atoms with Crippen LogP contribution in [-0.4, -0.2) is 71.9 Å². The number of hydrogen-bond donors (Lipinski definition) is 7. The van der Waals surface area contributed by atoms with Gasteiger partial charge in [0.05, 0.1) is 18.3 Å². The van der Waals surface area contributed by atoms with Crippen molar-refractivity contribution in [3.05, 3.63) is 0 Å². The number of carboxylic acids is 1. The number of aliphatic carboxylic acids is 1. The van der Waals surface area contributed by atoms with Crippen LogP contribution in [0.2, 0.25) is 0 Å². The van der Waals surface area contributed by atoms with Crippen molar-refractivity contribution in [1.82, 2.24) is 0 Å². The molecule has 0 aromatic heterocycles. The molecule has 0 aromatic rings. The Labute approximate surface area is 189 Å². The molecule has 4 aliphatic rings. The predicted molar refractivity (Wildman–Crippen MR) is 114 cm³/mol. The van der Waals surface area contributed by atoms with Gasteiger partial charge in [-0.25, -0.2) is 0 Å².